The third-order valence-corrected chi connectivity index (χ3v) is 8.33. The molecule has 3 aliphatic rings. The second-order valence-electron chi connectivity index (χ2n) is 9.46. The van der Waals surface area contributed by atoms with Gasteiger partial charge in [0.25, 0.3) is 15.9 Å². The first kappa shape index (κ1) is 23.8. The van der Waals surface area contributed by atoms with Crippen LogP contribution >= 0.6 is 0 Å². The zero-order valence-corrected chi connectivity index (χ0v) is 20.8. The lowest BCUT2D eigenvalue weighted by Gasteiger charge is -2.36. The van der Waals surface area contributed by atoms with E-state index in [0.717, 1.165) is 63.1 Å². The van der Waals surface area contributed by atoms with Gasteiger partial charge in [0.1, 0.15) is 5.82 Å². The van der Waals surface area contributed by atoms with Crippen molar-refractivity contribution in [3.05, 3.63) is 35.5 Å². The first-order valence-corrected chi connectivity index (χ1v) is 13.9. The number of ether oxygens (including phenoxy) is 1. The number of hydrogen-bond donors (Lipinski definition) is 2. The number of hydrogen-bond acceptors (Lipinski definition) is 8. The summed E-state index contributed by atoms with van der Waals surface area (Å²) < 4.78 is 31.9. The summed E-state index contributed by atoms with van der Waals surface area (Å²) >= 11 is 0. The van der Waals surface area contributed by atoms with Crippen molar-refractivity contribution >= 4 is 39.1 Å². The summed E-state index contributed by atoms with van der Waals surface area (Å²) in [5.41, 5.74) is 2.57. The van der Waals surface area contributed by atoms with Crippen LogP contribution in [0.2, 0.25) is 0 Å². The third-order valence-electron chi connectivity index (χ3n) is 6.80. The lowest BCUT2D eigenvalue weighted by atomic mass is 9.92. The lowest BCUT2D eigenvalue weighted by molar-refractivity contribution is 0.102. The summed E-state index contributed by atoms with van der Waals surface area (Å²) in [5.74, 6) is 0.852. The van der Waals surface area contributed by atoms with Crippen LogP contribution in [-0.2, 0) is 14.8 Å². The molecule has 0 aliphatic carbocycles. The molecule has 1 aromatic carbocycles. The van der Waals surface area contributed by atoms with Crippen LogP contribution in [0.15, 0.2) is 24.3 Å². The number of fused-ring (bicyclic) bond motifs is 6. The molecule has 2 aromatic rings. The number of aryl methyl sites for hydroxylation is 1. The zero-order valence-electron chi connectivity index (χ0n) is 20.0. The van der Waals surface area contributed by atoms with Gasteiger partial charge in [0.2, 0.25) is 5.95 Å². The van der Waals surface area contributed by atoms with Crippen LogP contribution in [0.3, 0.4) is 0 Å². The number of rotatable bonds is 1. The number of aromatic nitrogens is 2. The number of nitrogens with zero attached hydrogens (tertiary/aromatic N) is 4. The van der Waals surface area contributed by atoms with Crippen LogP contribution in [0.25, 0.3) is 0 Å². The van der Waals surface area contributed by atoms with Crippen molar-refractivity contribution in [1.29, 1.82) is 0 Å². The predicted octanol–water partition coefficient (Wildman–Crippen LogP) is 2.97. The fourth-order valence-electron chi connectivity index (χ4n) is 5.11. The largest absolute Gasteiger partial charge is 0.371 e. The number of piperidine rings is 1. The highest BCUT2D eigenvalue weighted by molar-refractivity contribution is 7.92. The fourth-order valence-corrected chi connectivity index (χ4v) is 6.35. The molecule has 1 aromatic heterocycles. The molecule has 5 rings (SSSR count). The van der Waals surface area contributed by atoms with Crippen molar-refractivity contribution in [3.63, 3.8) is 0 Å². The van der Waals surface area contributed by atoms with E-state index in [2.05, 4.69) is 25.5 Å². The Morgan fingerprint density at radius 3 is 2.80 bits per heavy atom. The van der Waals surface area contributed by atoms with Crippen LogP contribution in [0.5, 0.6) is 0 Å². The minimum atomic E-state index is -3.56. The second-order valence-corrected chi connectivity index (χ2v) is 11.3. The Labute approximate surface area is 206 Å². The Morgan fingerprint density at radius 1 is 1.09 bits per heavy atom. The topological polar surface area (TPSA) is 117 Å². The van der Waals surface area contributed by atoms with E-state index in [9.17, 15) is 13.2 Å². The van der Waals surface area contributed by atoms with Crippen molar-refractivity contribution in [2.45, 2.75) is 39.0 Å². The molecule has 11 heteroatoms. The van der Waals surface area contributed by atoms with Gasteiger partial charge < -0.3 is 20.3 Å². The molecule has 0 spiro atoms. The van der Waals surface area contributed by atoms with E-state index in [-0.39, 0.29) is 18.4 Å². The van der Waals surface area contributed by atoms with Gasteiger partial charge in [-0.05, 0) is 56.7 Å². The summed E-state index contributed by atoms with van der Waals surface area (Å²) in [7, 11) is -3.56. The molecule has 4 heterocycles. The van der Waals surface area contributed by atoms with Gasteiger partial charge in [-0.3, -0.25) is 9.10 Å². The lowest BCUT2D eigenvalue weighted by Crippen LogP contribution is -2.41. The third kappa shape index (κ3) is 5.35. The average molecular weight is 501 g/mol. The SMILES string of the molecule is Cc1cc2nc(n1)NCCCC[C@@H]1CCCN(C1)c1cc(N3CCOCS3(=O)=O)ccc1C(=O)N2. The molecule has 2 N–H and O–H groups in total. The standard InChI is InChI=1S/C24H32N6O4S/c1-17-13-22-27-23(31)20-8-7-19(30-11-12-34-16-35(30,32)33)14-21(20)29-10-4-6-18(15-29)5-2-3-9-25-24(26-17)28-22/h7-8,13-14,18H,2-6,9-12,15-16H2,1H3,(H2,25,26,27,28,31)/t18-/m1/s1. The van der Waals surface area contributed by atoms with E-state index < -0.39 is 10.0 Å². The smallest absolute Gasteiger partial charge is 0.259 e. The molecule has 2 fully saturated rings. The van der Waals surface area contributed by atoms with Crippen LogP contribution in [0.4, 0.5) is 23.1 Å². The zero-order chi connectivity index (χ0) is 24.4. The minimum Gasteiger partial charge on any atom is -0.371 e. The Balaban J connectivity index is 1.55. The first-order valence-electron chi connectivity index (χ1n) is 12.3. The van der Waals surface area contributed by atoms with Crippen molar-refractivity contribution < 1.29 is 17.9 Å². The number of carbonyl (C=O) groups excluding carboxylic acids is 1. The Morgan fingerprint density at radius 2 is 1.94 bits per heavy atom. The van der Waals surface area contributed by atoms with Crippen LogP contribution in [-0.4, -0.2) is 63.0 Å². The summed E-state index contributed by atoms with van der Waals surface area (Å²) in [6, 6.07) is 7.01. The maximum absolute atomic E-state index is 13.5. The van der Waals surface area contributed by atoms with Crippen LogP contribution in [0.1, 0.15) is 48.2 Å². The maximum atomic E-state index is 13.5. The number of nitrogens with one attached hydrogen (secondary N) is 2. The Kier molecular flexibility index (Phi) is 6.79. The molecule has 10 nitrogen and oxygen atoms in total. The van der Waals surface area contributed by atoms with Crippen molar-refractivity contribution in [2.75, 3.05) is 58.6 Å². The van der Waals surface area contributed by atoms with Crippen LogP contribution in [0, 0.1) is 12.8 Å². The van der Waals surface area contributed by atoms with Gasteiger partial charge in [-0.25, -0.2) is 13.4 Å². The van der Waals surface area contributed by atoms with Gasteiger partial charge in [-0.15, -0.1) is 0 Å². The quantitative estimate of drug-likeness (QED) is 0.614. The monoisotopic (exact) mass is 500 g/mol. The summed E-state index contributed by atoms with van der Waals surface area (Å²) in [4.78, 5) is 24.6. The number of anilines is 4. The fraction of sp³-hybridized carbons (Fsp3) is 0.542. The highest BCUT2D eigenvalue weighted by Gasteiger charge is 2.30. The van der Waals surface area contributed by atoms with Gasteiger partial charge in [-0.1, -0.05) is 6.42 Å². The number of amides is 1. The van der Waals surface area contributed by atoms with Gasteiger partial charge >= 0.3 is 0 Å². The van der Waals surface area contributed by atoms with Crippen molar-refractivity contribution in [3.8, 4) is 0 Å². The summed E-state index contributed by atoms with van der Waals surface area (Å²) in [6.45, 7) is 4.92. The van der Waals surface area contributed by atoms with E-state index in [4.69, 9.17) is 4.74 Å². The molecule has 35 heavy (non-hydrogen) atoms. The predicted molar refractivity (Wildman–Crippen MR) is 136 cm³/mol. The first-order chi connectivity index (χ1) is 16.9. The highest BCUT2D eigenvalue weighted by Crippen LogP contribution is 2.34. The molecule has 4 bridgehead atoms. The molecule has 2 saturated heterocycles. The molecular weight excluding hydrogens is 468 g/mol. The normalized spacial score (nSPS) is 22.8. The Bertz CT molecular complexity index is 1200. The molecule has 0 saturated carbocycles. The van der Waals surface area contributed by atoms with Crippen LogP contribution < -0.4 is 19.8 Å². The second kappa shape index (κ2) is 9.98. The molecule has 0 radical (unpaired) electrons. The molecule has 1 atom stereocenters. The molecule has 188 valence electrons. The van der Waals surface area contributed by atoms with E-state index in [1.807, 2.05) is 13.0 Å². The molecular formula is C24H32N6O4S. The summed E-state index contributed by atoms with van der Waals surface area (Å²) in [5, 5.41) is 6.21. The minimum absolute atomic E-state index is 0.256. The van der Waals surface area contributed by atoms with Crippen molar-refractivity contribution in [1.82, 2.24) is 9.97 Å². The number of carbonyl (C=O) groups is 1. The average Bonchev–Trinajstić information content (AvgIpc) is 2.83. The van der Waals surface area contributed by atoms with E-state index >= 15 is 0 Å². The maximum Gasteiger partial charge on any atom is 0.259 e. The van der Waals surface area contributed by atoms with Gasteiger partial charge in [-0.2, -0.15) is 4.98 Å². The van der Waals surface area contributed by atoms with E-state index in [1.165, 1.54) is 4.31 Å². The number of benzene rings is 1. The Hall–Kier alpha value is -2.92. The van der Waals surface area contributed by atoms with Gasteiger partial charge in [0, 0.05) is 31.4 Å². The molecule has 0 unspecified atom stereocenters. The van der Waals surface area contributed by atoms with Gasteiger partial charge in [0.05, 0.1) is 30.1 Å². The van der Waals surface area contributed by atoms with E-state index in [1.54, 1.807) is 18.2 Å². The van der Waals surface area contributed by atoms with Crippen molar-refractivity contribution in [2.24, 2.45) is 5.92 Å². The highest BCUT2D eigenvalue weighted by atomic mass is 32.2. The molecule has 3 aliphatic heterocycles. The number of sulfonamides is 1. The molecule has 1 amide bonds. The van der Waals surface area contributed by atoms with Gasteiger partial charge in [0.15, 0.2) is 5.94 Å². The summed E-state index contributed by atoms with van der Waals surface area (Å²) in [6.07, 6.45) is 5.42. The van der Waals surface area contributed by atoms with E-state index in [0.29, 0.717) is 35.5 Å².